The Labute approximate surface area is 157 Å². The van der Waals surface area contributed by atoms with Crippen LogP contribution in [0, 0.1) is 11.3 Å². The number of aromatic nitrogens is 2. The fraction of sp³-hybridized carbons (Fsp3) is 0.333. The third-order valence-corrected chi connectivity index (χ3v) is 6.17. The second kappa shape index (κ2) is 7.72. The molecule has 1 amide bonds. The number of sulfone groups is 1. The van der Waals surface area contributed by atoms with E-state index in [4.69, 9.17) is 5.26 Å². The molecule has 1 N–H and O–H groups in total. The number of rotatable bonds is 5. The van der Waals surface area contributed by atoms with Gasteiger partial charge in [-0.3, -0.25) is 4.79 Å². The van der Waals surface area contributed by atoms with Crippen LogP contribution in [0.25, 0.3) is 0 Å². The molecule has 1 aromatic carbocycles. The molecule has 2 aromatic rings. The van der Waals surface area contributed by atoms with Crippen molar-refractivity contribution in [3.8, 4) is 6.07 Å². The topological polar surface area (TPSA) is 116 Å². The van der Waals surface area contributed by atoms with Gasteiger partial charge in [0, 0.05) is 18.8 Å². The van der Waals surface area contributed by atoms with Crippen molar-refractivity contribution in [2.45, 2.75) is 19.4 Å². The van der Waals surface area contributed by atoms with Crippen LogP contribution in [-0.2, 0) is 9.84 Å². The fourth-order valence-electron chi connectivity index (χ4n) is 3.07. The monoisotopic (exact) mass is 385 g/mol. The van der Waals surface area contributed by atoms with Crippen molar-refractivity contribution >= 4 is 27.4 Å². The summed E-state index contributed by atoms with van der Waals surface area (Å²) in [5.74, 6) is 0.0763. The van der Waals surface area contributed by atoms with Gasteiger partial charge >= 0.3 is 0 Å². The van der Waals surface area contributed by atoms with Crippen LogP contribution in [0.4, 0.5) is 11.6 Å². The number of benzene rings is 1. The van der Waals surface area contributed by atoms with E-state index in [9.17, 15) is 13.2 Å². The van der Waals surface area contributed by atoms with Gasteiger partial charge in [0.15, 0.2) is 9.84 Å². The second-order valence-corrected chi connectivity index (χ2v) is 8.42. The molecule has 1 aromatic heterocycles. The molecule has 0 saturated carbocycles. The minimum atomic E-state index is -3.04. The van der Waals surface area contributed by atoms with Crippen LogP contribution in [0.5, 0.6) is 0 Å². The lowest BCUT2D eigenvalue weighted by Gasteiger charge is -2.26. The van der Waals surface area contributed by atoms with E-state index in [0.717, 1.165) is 0 Å². The summed E-state index contributed by atoms with van der Waals surface area (Å²) in [5.41, 5.74) is 0.901. The normalized spacial score (nSPS) is 17.9. The SMILES string of the molecule is CCN(c1nccc(C(=O)Nc2ccccc2C#N)n1)C1CCS(=O)(=O)C1. The number of nitrogens with one attached hydrogen (secondary N) is 1. The van der Waals surface area contributed by atoms with E-state index in [-0.39, 0.29) is 23.2 Å². The van der Waals surface area contributed by atoms with Gasteiger partial charge in [-0.05, 0) is 31.5 Å². The van der Waals surface area contributed by atoms with Gasteiger partial charge < -0.3 is 10.2 Å². The van der Waals surface area contributed by atoms with Crippen molar-refractivity contribution in [3.05, 3.63) is 47.8 Å². The molecule has 0 radical (unpaired) electrons. The molecule has 0 spiro atoms. The second-order valence-electron chi connectivity index (χ2n) is 6.20. The fourth-order valence-corrected chi connectivity index (χ4v) is 4.80. The Morgan fingerprint density at radius 2 is 2.15 bits per heavy atom. The number of amides is 1. The zero-order chi connectivity index (χ0) is 19.4. The first-order valence-electron chi connectivity index (χ1n) is 8.54. The molecule has 1 fully saturated rings. The van der Waals surface area contributed by atoms with Crippen molar-refractivity contribution in [1.82, 2.24) is 9.97 Å². The molecular formula is C18H19N5O3S. The molecule has 1 aliphatic rings. The van der Waals surface area contributed by atoms with Crippen molar-refractivity contribution in [1.29, 1.82) is 5.26 Å². The zero-order valence-electron chi connectivity index (χ0n) is 14.8. The van der Waals surface area contributed by atoms with E-state index in [1.165, 1.54) is 12.3 Å². The number of nitriles is 1. The summed E-state index contributed by atoms with van der Waals surface area (Å²) in [6.07, 6.45) is 1.99. The van der Waals surface area contributed by atoms with Crippen molar-refractivity contribution in [2.24, 2.45) is 0 Å². The van der Waals surface area contributed by atoms with Gasteiger partial charge in [0.25, 0.3) is 5.91 Å². The third kappa shape index (κ3) is 4.23. The summed E-state index contributed by atoms with van der Waals surface area (Å²) in [6.45, 7) is 2.42. The summed E-state index contributed by atoms with van der Waals surface area (Å²) in [4.78, 5) is 22.9. The highest BCUT2D eigenvalue weighted by Gasteiger charge is 2.33. The molecule has 1 aliphatic heterocycles. The highest BCUT2D eigenvalue weighted by Crippen LogP contribution is 2.22. The number of hydrogen-bond donors (Lipinski definition) is 1. The summed E-state index contributed by atoms with van der Waals surface area (Å²) >= 11 is 0. The number of anilines is 2. The average molecular weight is 385 g/mol. The van der Waals surface area contributed by atoms with Gasteiger partial charge in [-0.2, -0.15) is 5.26 Å². The van der Waals surface area contributed by atoms with Crippen LogP contribution in [0.15, 0.2) is 36.5 Å². The van der Waals surface area contributed by atoms with E-state index < -0.39 is 15.7 Å². The molecule has 1 unspecified atom stereocenters. The van der Waals surface area contributed by atoms with Crippen molar-refractivity contribution in [3.63, 3.8) is 0 Å². The lowest BCUT2D eigenvalue weighted by atomic mass is 10.2. The average Bonchev–Trinajstić information content (AvgIpc) is 3.02. The molecule has 1 atom stereocenters. The summed E-state index contributed by atoms with van der Waals surface area (Å²) in [6, 6.07) is 9.99. The number of hydrogen-bond acceptors (Lipinski definition) is 7. The lowest BCUT2D eigenvalue weighted by molar-refractivity contribution is 0.102. The number of nitrogens with zero attached hydrogens (tertiary/aromatic N) is 4. The van der Waals surface area contributed by atoms with Crippen molar-refractivity contribution in [2.75, 3.05) is 28.3 Å². The van der Waals surface area contributed by atoms with Gasteiger partial charge in [-0.25, -0.2) is 18.4 Å². The van der Waals surface area contributed by atoms with E-state index in [1.54, 1.807) is 24.3 Å². The van der Waals surface area contributed by atoms with Gasteiger partial charge in [0.05, 0.1) is 22.8 Å². The number of para-hydroxylation sites is 1. The van der Waals surface area contributed by atoms with Crippen LogP contribution in [0.3, 0.4) is 0 Å². The molecule has 27 heavy (non-hydrogen) atoms. The first-order valence-corrected chi connectivity index (χ1v) is 10.4. The first kappa shape index (κ1) is 18.8. The largest absolute Gasteiger partial charge is 0.337 e. The van der Waals surface area contributed by atoms with Crippen LogP contribution in [-0.4, -0.2) is 48.4 Å². The highest BCUT2D eigenvalue weighted by molar-refractivity contribution is 7.91. The van der Waals surface area contributed by atoms with Crippen LogP contribution in [0.1, 0.15) is 29.4 Å². The molecule has 140 valence electrons. The van der Waals surface area contributed by atoms with Crippen LogP contribution < -0.4 is 10.2 Å². The van der Waals surface area contributed by atoms with Gasteiger partial charge in [0.2, 0.25) is 5.95 Å². The molecule has 1 saturated heterocycles. The smallest absolute Gasteiger partial charge is 0.274 e. The van der Waals surface area contributed by atoms with E-state index >= 15 is 0 Å². The standard InChI is InChI=1S/C18H19N5O3S/c1-2-23(14-8-10-27(25,26)12-14)18-20-9-7-16(22-18)17(24)21-15-6-4-3-5-13(15)11-19/h3-7,9,14H,2,8,10,12H2,1H3,(H,21,24). The summed E-state index contributed by atoms with van der Waals surface area (Å²) in [5, 5.41) is 11.8. The van der Waals surface area contributed by atoms with Gasteiger partial charge in [-0.1, -0.05) is 12.1 Å². The van der Waals surface area contributed by atoms with Gasteiger partial charge in [-0.15, -0.1) is 0 Å². The zero-order valence-corrected chi connectivity index (χ0v) is 15.6. The maximum Gasteiger partial charge on any atom is 0.274 e. The minimum Gasteiger partial charge on any atom is -0.337 e. The Morgan fingerprint density at radius 3 is 2.81 bits per heavy atom. The number of carbonyl (C=O) groups is 1. The maximum atomic E-state index is 12.5. The number of carbonyl (C=O) groups excluding carboxylic acids is 1. The molecular weight excluding hydrogens is 366 g/mol. The molecule has 9 heteroatoms. The van der Waals surface area contributed by atoms with Gasteiger partial charge in [0.1, 0.15) is 11.8 Å². The Kier molecular flexibility index (Phi) is 5.37. The molecule has 8 nitrogen and oxygen atoms in total. The van der Waals surface area contributed by atoms with E-state index in [0.29, 0.717) is 30.2 Å². The Balaban J connectivity index is 1.82. The first-order chi connectivity index (χ1) is 12.9. The minimum absolute atomic E-state index is 0.0656. The van der Waals surface area contributed by atoms with Crippen LogP contribution >= 0.6 is 0 Å². The molecule has 2 heterocycles. The Morgan fingerprint density at radius 1 is 1.37 bits per heavy atom. The van der Waals surface area contributed by atoms with Crippen LogP contribution in [0.2, 0.25) is 0 Å². The summed E-state index contributed by atoms with van der Waals surface area (Å²) in [7, 11) is -3.04. The van der Waals surface area contributed by atoms with Crippen molar-refractivity contribution < 1.29 is 13.2 Å². The highest BCUT2D eigenvalue weighted by atomic mass is 32.2. The molecule has 3 rings (SSSR count). The predicted molar refractivity (Wildman–Crippen MR) is 101 cm³/mol. The van der Waals surface area contributed by atoms with E-state index in [2.05, 4.69) is 15.3 Å². The summed E-state index contributed by atoms with van der Waals surface area (Å²) < 4.78 is 23.5. The predicted octanol–water partition coefficient (Wildman–Crippen LogP) is 1.61. The van der Waals surface area contributed by atoms with E-state index in [1.807, 2.05) is 17.9 Å². The Hall–Kier alpha value is -2.99. The maximum absolute atomic E-state index is 12.5. The quantitative estimate of drug-likeness (QED) is 0.831. The lowest BCUT2D eigenvalue weighted by Crippen LogP contribution is -2.37. The Bertz CT molecular complexity index is 1000. The third-order valence-electron chi connectivity index (χ3n) is 4.42. The molecule has 0 bridgehead atoms. The molecule has 0 aliphatic carbocycles.